The van der Waals surface area contributed by atoms with Crippen LogP contribution in [0.15, 0.2) is 11.9 Å². The second kappa shape index (κ2) is 2.47. The van der Waals surface area contributed by atoms with Crippen molar-refractivity contribution in [2.45, 2.75) is 13.0 Å². The minimum atomic E-state index is -0.120. The van der Waals surface area contributed by atoms with E-state index in [1.165, 1.54) is 6.20 Å². The molecule has 0 aliphatic heterocycles. The van der Waals surface area contributed by atoms with Crippen LogP contribution < -0.4 is 17.2 Å². The van der Waals surface area contributed by atoms with Crippen LogP contribution in [0.2, 0.25) is 0 Å². The van der Waals surface area contributed by atoms with Gasteiger partial charge in [0.25, 0.3) is 0 Å². The first-order chi connectivity index (χ1) is 3.18. The van der Waals surface area contributed by atoms with Crippen molar-refractivity contribution < 1.29 is 0 Å². The molecule has 3 nitrogen and oxygen atoms in total. The Hall–Kier alpha value is -0.700. The summed E-state index contributed by atoms with van der Waals surface area (Å²) >= 11 is 0. The first-order valence-corrected chi connectivity index (χ1v) is 2.11. The lowest BCUT2D eigenvalue weighted by Crippen LogP contribution is -2.24. The molecule has 1 atom stereocenters. The normalized spacial score (nSPS) is 16.6. The Morgan fingerprint density at radius 3 is 2.14 bits per heavy atom. The molecule has 0 saturated carbocycles. The van der Waals surface area contributed by atoms with Gasteiger partial charge in [-0.3, -0.25) is 0 Å². The summed E-state index contributed by atoms with van der Waals surface area (Å²) in [6, 6.07) is -0.120. The van der Waals surface area contributed by atoms with Gasteiger partial charge in [0, 0.05) is 17.9 Å². The van der Waals surface area contributed by atoms with E-state index in [4.69, 9.17) is 17.2 Å². The fraction of sp³-hybridized carbons (Fsp3) is 0.500. The molecule has 0 aromatic heterocycles. The number of nitrogens with two attached hydrogens (primary N) is 3. The van der Waals surface area contributed by atoms with Gasteiger partial charge in [0.1, 0.15) is 0 Å². The smallest absolute Gasteiger partial charge is 0.0428 e. The van der Waals surface area contributed by atoms with E-state index in [2.05, 4.69) is 0 Å². The highest BCUT2D eigenvalue weighted by Gasteiger charge is 1.91. The molecule has 42 valence electrons. The Morgan fingerprint density at radius 1 is 1.71 bits per heavy atom. The SMILES string of the molecule is CC(N)C(N)=CN. The lowest BCUT2D eigenvalue weighted by molar-refractivity contribution is 0.842. The number of hydrogen-bond acceptors (Lipinski definition) is 3. The molecule has 0 aliphatic rings. The molecule has 0 aromatic rings. The van der Waals surface area contributed by atoms with E-state index in [9.17, 15) is 0 Å². The number of hydrogen-bond donors (Lipinski definition) is 3. The topological polar surface area (TPSA) is 78.1 Å². The maximum atomic E-state index is 5.27. The maximum absolute atomic E-state index is 5.27. The predicted molar refractivity (Wildman–Crippen MR) is 30.1 cm³/mol. The molecule has 0 heterocycles. The lowest BCUT2D eigenvalue weighted by atomic mass is 10.3. The minimum Gasteiger partial charge on any atom is -0.403 e. The van der Waals surface area contributed by atoms with E-state index in [-0.39, 0.29) is 6.04 Å². The highest BCUT2D eigenvalue weighted by Crippen LogP contribution is 1.82. The van der Waals surface area contributed by atoms with Crippen molar-refractivity contribution in [3.63, 3.8) is 0 Å². The molecule has 0 bridgehead atoms. The van der Waals surface area contributed by atoms with Gasteiger partial charge in [-0.2, -0.15) is 0 Å². The lowest BCUT2D eigenvalue weighted by Gasteiger charge is -2.00. The van der Waals surface area contributed by atoms with Gasteiger partial charge in [-0.1, -0.05) is 0 Å². The van der Waals surface area contributed by atoms with E-state index in [0.29, 0.717) is 5.70 Å². The highest BCUT2D eigenvalue weighted by atomic mass is 14.7. The molecule has 0 spiro atoms. The molecule has 6 N–H and O–H groups in total. The number of rotatable bonds is 1. The van der Waals surface area contributed by atoms with Crippen molar-refractivity contribution in [1.82, 2.24) is 0 Å². The summed E-state index contributed by atoms with van der Waals surface area (Å²) in [4.78, 5) is 0. The van der Waals surface area contributed by atoms with E-state index < -0.39 is 0 Å². The zero-order valence-electron chi connectivity index (χ0n) is 4.39. The van der Waals surface area contributed by atoms with Crippen LogP contribution in [-0.4, -0.2) is 6.04 Å². The van der Waals surface area contributed by atoms with Crippen LogP contribution in [0.5, 0.6) is 0 Å². The van der Waals surface area contributed by atoms with Crippen molar-refractivity contribution in [3.05, 3.63) is 11.9 Å². The van der Waals surface area contributed by atoms with E-state index in [1.54, 1.807) is 6.92 Å². The molecule has 0 saturated heterocycles. The van der Waals surface area contributed by atoms with Gasteiger partial charge >= 0.3 is 0 Å². The predicted octanol–water partition coefficient (Wildman–Crippen LogP) is -0.908. The van der Waals surface area contributed by atoms with Gasteiger partial charge in [0.2, 0.25) is 0 Å². The van der Waals surface area contributed by atoms with Gasteiger partial charge in [-0.25, -0.2) is 0 Å². The van der Waals surface area contributed by atoms with Crippen LogP contribution in [0.4, 0.5) is 0 Å². The Bertz CT molecular complexity index is 75.0. The second-order valence-corrected chi connectivity index (χ2v) is 1.46. The summed E-state index contributed by atoms with van der Waals surface area (Å²) in [7, 11) is 0. The van der Waals surface area contributed by atoms with Gasteiger partial charge in [0.15, 0.2) is 0 Å². The van der Waals surface area contributed by atoms with Gasteiger partial charge in [-0.05, 0) is 6.92 Å². The maximum Gasteiger partial charge on any atom is 0.0428 e. The zero-order chi connectivity index (χ0) is 5.86. The fourth-order valence-electron chi connectivity index (χ4n) is 0.152. The molecule has 0 aliphatic carbocycles. The summed E-state index contributed by atoms with van der Waals surface area (Å²) in [5.74, 6) is 0. The quantitative estimate of drug-likeness (QED) is 0.400. The van der Waals surface area contributed by atoms with E-state index in [1.807, 2.05) is 0 Å². The van der Waals surface area contributed by atoms with Crippen LogP contribution in [-0.2, 0) is 0 Å². The van der Waals surface area contributed by atoms with Crippen LogP contribution in [0, 0.1) is 0 Å². The van der Waals surface area contributed by atoms with Crippen LogP contribution in [0.1, 0.15) is 6.92 Å². The summed E-state index contributed by atoms with van der Waals surface area (Å²) in [6.45, 7) is 1.78. The Kier molecular flexibility index (Phi) is 2.22. The third-order valence-corrected chi connectivity index (χ3v) is 0.718. The Morgan fingerprint density at radius 2 is 2.14 bits per heavy atom. The first kappa shape index (κ1) is 6.30. The molecule has 0 fully saturated rings. The molecule has 0 rings (SSSR count). The van der Waals surface area contributed by atoms with Crippen LogP contribution in [0.3, 0.4) is 0 Å². The van der Waals surface area contributed by atoms with Crippen molar-refractivity contribution in [1.29, 1.82) is 0 Å². The van der Waals surface area contributed by atoms with Crippen molar-refractivity contribution in [2.75, 3.05) is 0 Å². The summed E-state index contributed by atoms with van der Waals surface area (Å²) in [5.41, 5.74) is 16.0. The average Bonchev–Trinajstić information content (AvgIpc) is 1.65. The van der Waals surface area contributed by atoms with Gasteiger partial charge in [-0.15, -0.1) is 0 Å². The second-order valence-electron chi connectivity index (χ2n) is 1.46. The monoisotopic (exact) mass is 101 g/mol. The molecule has 1 unspecified atom stereocenters. The molecule has 0 aromatic carbocycles. The van der Waals surface area contributed by atoms with Crippen molar-refractivity contribution in [2.24, 2.45) is 17.2 Å². The van der Waals surface area contributed by atoms with E-state index in [0.717, 1.165) is 0 Å². The van der Waals surface area contributed by atoms with Gasteiger partial charge in [0.05, 0.1) is 0 Å². The average molecular weight is 101 g/mol. The standard InChI is InChI=1S/C4H11N3/c1-3(6)4(7)2-5/h2-3H,5-7H2,1H3. The molecule has 0 radical (unpaired) electrons. The summed E-state index contributed by atoms with van der Waals surface area (Å²) in [5, 5.41) is 0. The Labute approximate surface area is 43.2 Å². The van der Waals surface area contributed by atoms with E-state index >= 15 is 0 Å². The largest absolute Gasteiger partial charge is 0.403 e. The molecular weight excluding hydrogens is 90.1 g/mol. The van der Waals surface area contributed by atoms with Crippen molar-refractivity contribution >= 4 is 0 Å². The van der Waals surface area contributed by atoms with Crippen molar-refractivity contribution in [3.8, 4) is 0 Å². The molecular formula is C4H11N3. The third-order valence-electron chi connectivity index (χ3n) is 0.718. The van der Waals surface area contributed by atoms with Crippen LogP contribution in [0.25, 0.3) is 0 Å². The molecule has 3 heteroatoms. The molecule has 7 heavy (non-hydrogen) atoms. The summed E-state index contributed by atoms with van der Waals surface area (Å²) in [6.07, 6.45) is 1.31. The third kappa shape index (κ3) is 2.05. The summed E-state index contributed by atoms with van der Waals surface area (Å²) < 4.78 is 0. The zero-order valence-corrected chi connectivity index (χ0v) is 4.39. The first-order valence-electron chi connectivity index (χ1n) is 2.11. The Balaban J connectivity index is 3.56. The highest BCUT2D eigenvalue weighted by molar-refractivity contribution is 5.00. The van der Waals surface area contributed by atoms with Gasteiger partial charge < -0.3 is 17.2 Å². The van der Waals surface area contributed by atoms with Crippen LogP contribution >= 0.6 is 0 Å². The minimum absolute atomic E-state index is 0.120. The molecule has 0 amide bonds. The fourth-order valence-corrected chi connectivity index (χ4v) is 0.152.